The third-order valence-corrected chi connectivity index (χ3v) is 2.19. The number of thioether (sulfide) groups is 1. The van der Waals surface area contributed by atoms with Crippen molar-refractivity contribution in [2.45, 2.75) is 26.3 Å². The minimum absolute atomic E-state index is 0.194. The summed E-state index contributed by atoms with van der Waals surface area (Å²) in [5.41, 5.74) is 10.4. The molecule has 0 fully saturated rings. The van der Waals surface area contributed by atoms with Gasteiger partial charge in [-0.15, -0.1) is 0 Å². The van der Waals surface area contributed by atoms with Gasteiger partial charge in [-0.05, 0) is 24.9 Å². The molecule has 1 atom stereocenters. The van der Waals surface area contributed by atoms with Crippen LogP contribution in [0.15, 0.2) is 4.99 Å². The van der Waals surface area contributed by atoms with E-state index in [-0.39, 0.29) is 12.0 Å². The number of hydrogen-bond acceptors (Lipinski definition) is 2. The maximum Gasteiger partial charge on any atom is 0.186 e. The summed E-state index contributed by atoms with van der Waals surface area (Å²) < 4.78 is 0. The summed E-state index contributed by atoms with van der Waals surface area (Å²) in [7, 11) is 0. The molecule has 1 unspecified atom stereocenters. The minimum atomic E-state index is 0.194. The first-order valence-electron chi connectivity index (χ1n) is 3.83. The van der Waals surface area contributed by atoms with Crippen molar-refractivity contribution in [2.24, 2.45) is 16.5 Å². The summed E-state index contributed by atoms with van der Waals surface area (Å²) in [4.78, 5) is 4.01. The number of aliphatic imine (C=N–C) groups is 1. The molecule has 0 amide bonds. The fourth-order valence-electron chi connectivity index (χ4n) is 0.717. The van der Waals surface area contributed by atoms with Crippen molar-refractivity contribution in [1.29, 1.82) is 0 Å². The molecule has 0 heterocycles. The molecule has 0 saturated carbocycles. The molecule has 0 aliphatic heterocycles. The third-order valence-electron chi connectivity index (χ3n) is 1.25. The van der Waals surface area contributed by atoms with Gasteiger partial charge in [0.05, 0.1) is 6.04 Å². The Morgan fingerprint density at radius 3 is 2.64 bits per heavy atom. The molecule has 0 aliphatic carbocycles. The smallest absolute Gasteiger partial charge is 0.186 e. The van der Waals surface area contributed by atoms with Gasteiger partial charge in [-0.2, -0.15) is 11.8 Å². The first-order valence-corrected chi connectivity index (χ1v) is 4.98. The molecule has 0 aliphatic rings. The fourth-order valence-corrected chi connectivity index (χ4v) is 1.51. The molecular formula is C7H17N3S. The standard InChI is InChI=1S/C7H17N3S/c1-3-11-5-4-6(2)10-7(8)9/h6H,3-5H2,1-2H3,(H4,8,9,10). The number of guanidine groups is 1. The second-order valence-electron chi connectivity index (χ2n) is 2.39. The van der Waals surface area contributed by atoms with Crippen molar-refractivity contribution in [3.8, 4) is 0 Å². The van der Waals surface area contributed by atoms with Crippen molar-refractivity contribution in [3.63, 3.8) is 0 Å². The first-order chi connectivity index (χ1) is 5.16. The molecule has 0 radical (unpaired) electrons. The van der Waals surface area contributed by atoms with Crippen LogP contribution >= 0.6 is 11.8 Å². The van der Waals surface area contributed by atoms with E-state index in [1.54, 1.807) is 0 Å². The van der Waals surface area contributed by atoms with E-state index in [0.29, 0.717) is 0 Å². The van der Waals surface area contributed by atoms with E-state index < -0.39 is 0 Å². The van der Waals surface area contributed by atoms with E-state index >= 15 is 0 Å². The van der Waals surface area contributed by atoms with Gasteiger partial charge >= 0.3 is 0 Å². The maximum absolute atomic E-state index is 5.22. The fraction of sp³-hybridized carbons (Fsp3) is 0.857. The molecule has 4 heteroatoms. The largest absolute Gasteiger partial charge is 0.370 e. The van der Waals surface area contributed by atoms with E-state index in [0.717, 1.165) is 17.9 Å². The molecule has 0 saturated heterocycles. The Bertz CT molecular complexity index is 121. The Morgan fingerprint density at radius 1 is 1.55 bits per heavy atom. The van der Waals surface area contributed by atoms with E-state index in [9.17, 15) is 0 Å². The molecule has 11 heavy (non-hydrogen) atoms. The molecule has 66 valence electrons. The molecule has 0 bridgehead atoms. The highest BCUT2D eigenvalue weighted by Crippen LogP contribution is 2.05. The Balaban J connectivity index is 3.37. The van der Waals surface area contributed by atoms with Gasteiger partial charge in [-0.25, -0.2) is 0 Å². The molecule has 0 spiro atoms. The molecule has 0 rings (SSSR count). The molecular weight excluding hydrogens is 158 g/mol. The number of nitrogens with two attached hydrogens (primary N) is 2. The molecule has 3 nitrogen and oxygen atoms in total. The van der Waals surface area contributed by atoms with Crippen LogP contribution in [0.25, 0.3) is 0 Å². The summed E-state index contributed by atoms with van der Waals surface area (Å²) >= 11 is 1.91. The topological polar surface area (TPSA) is 64.4 Å². The minimum Gasteiger partial charge on any atom is -0.370 e. The predicted molar refractivity (Wildman–Crippen MR) is 52.9 cm³/mol. The highest BCUT2D eigenvalue weighted by Gasteiger charge is 1.97. The Kier molecular flexibility index (Phi) is 6.12. The lowest BCUT2D eigenvalue weighted by atomic mass is 10.3. The van der Waals surface area contributed by atoms with Gasteiger partial charge in [0.15, 0.2) is 5.96 Å². The maximum atomic E-state index is 5.22. The zero-order chi connectivity index (χ0) is 8.69. The van der Waals surface area contributed by atoms with Crippen LogP contribution in [-0.4, -0.2) is 23.5 Å². The third kappa shape index (κ3) is 7.52. The van der Waals surface area contributed by atoms with E-state index in [1.807, 2.05) is 18.7 Å². The van der Waals surface area contributed by atoms with Crippen molar-refractivity contribution >= 4 is 17.7 Å². The van der Waals surface area contributed by atoms with E-state index in [2.05, 4.69) is 11.9 Å². The Labute approximate surface area is 72.6 Å². The van der Waals surface area contributed by atoms with Crippen LogP contribution in [0.4, 0.5) is 0 Å². The molecule has 0 aromatic heterocycles. The van der Waals surface area contributed by atoms with Crippen molar-refractivity contribution < 1.29 is 0 Å². The lowest BCUT2D eigenvalue weighted by molar-refractivity contribution is 0.721. The lowest BCUT2D eigenvalue weighted by Crippen LogP contribution is -2.24. The zero-order valence-electron chi connectivity index (χ0n) is 7.21. The predicted octanol–water partition coefficient (Wildman–Crippen LogP) is 0.792. The van der Waals surface area contributed by atoms with E-state index in [4.69, 9.17) is 11.5 Å². The normalized spacial score (nSPS) is 12.5. The highest BCUT2D eigenvalue weighted by atomic mass is 32.2. The Hall–Kier alpha value is -0.380. The number of nitrogens with zero attached hydrogens (tertiary/aromatic N) is 1. The zero-order valence-corrected chi connectivity index (χ0v) is 8.03. The second-order valence-corrected chi connectivity index (χ2v) is 3.78. The monoisotopic (exact) mass is 175 g/mol. The average molecular weight is 175 g/mol. The second kappa shape index (κ2) is 6.34. The van der Waals surface area contributed by atoms with Crippen LogP contribution in [0.3, 0.4) is 0 Å². The van der Waals surface area contributed by atoms with E-state index in [1.165, 1.54) is 0 Å². The molecule has 0 aromatic carbocycles. The summed E-state index contributed by atoms with van der Waals surface area (Å²) in [6.07, 6.45) is 1.05. The summed E-state index contributed by atoms with van der Waals surface area (Å²) in [5, 5.41) is 0. The first kappa shape index (κ1) is 10.6. The molecule has 0 aromatic rings. The van der Waals surface area contributed by atoms with Crippen molar-refractivity contribution in [1.82, 2.24) is 0 Å². The Morgan fingerprint density at radius 2 is 2.18 bits per heavy atom. The average Bonchev–Trinajstić information content (AvgIpc) is 1.86. The van der Waals surface area contributed by atoms with Gasteiger partial charge in [0.25, 0.3) is 0 Å². The van der Waals surface area contributed by atoms with Crippen LogP contribution in [0.5, 0.6) is 0 Å². The van der Waals surface area contributed by atoms with Gasteiger partial charge in [0, 0.05) is 0 Å². The summed E-state index contributed by atoms with van der Waals surface area (Å²) in [5.74, 6) is 2.49. The van der Waals surface area contributed by atoms with Gasteiger partial charge in [-0.3, -0.25) is 4.99 Å². The van der Waals surface area contributed by atoms with Crippen LogP contribution in [-0.2, 0) is 0 Å². The SMILES string of the molecule is CCSCCC(C)N=C(N)N. The van der Waals surface area contributed by atoms with Crippen molar-refractivity contribution in [3.05, 3.63) is 0 Å². The van der Waals surface area contributed by atoms with Crippen LogP contribution in [0.1, 0.15) is 20.3 Å². The quantitative estimate of drug-likeness (QED) is 0.369. The van der Waals surface area contributed by atoms with Crippen LogP contribution in [0.2, 0.25) is 0 Å². The van der Waals surface area contributed by atoms with Gasteiger partial charge in [-0.1, -0.05) is 6.92 Å². The number of rotatable bonds is 5. The molecule has 4 N–H and O–H groups in total. The van der Waals surface area contributed by atoms with Gasteiger partial charge < -0.3 is 11.5 Å². The summed E-state index contributed by atoms with van der Waals surface area (Å²) in [6.45, 7) is 4.17. The van der Waals surface area contributed by atoms with Crippen molar-refractivity contribution in [2.75, 3.05) is 11.5 Å². The number of hydrogen-bond donors (Lipinski definition) is 2. The van der Waals surface area contributed by atoms with Gasteiger partial charge in [0.1, 0.15) is 0 Å². The van der Waals surface area contributed by atoms with Crippen LogP contribution < -0.4 is 11.5 Å². The van der Waals surface area contributed by atoms with Gasteiger partial charge in [0.2, 0.25) is 0 Å². The lowest BCUT2D eigenvalue weighted by Gasteiger charge is -2.04. The van der Waals surface area contributed by atoms with Crippen LogP contribution in [0, 0.1) is 0 Å². The summed E-state index contributed by atoms with van der Waals surface area (Å²) in [6, 6.07) is 0.263. The highest BCUT2D eigenvalue weighted by molar-refractivity contribution is 7.99.